The summed E-state index contributed by atoms with van der Waals surface area (Å²) in [6.07, 6.45) is 1.69. The average molecular weight is 389 g/mol. The summed E-state index contributed by atoms with van der Waals surface area (Å²) in [4.78, 5) is 39.1. The Kier molecular flexibility index (Phi) is 4.86. The molecule has 2 heterocycles. The van der Waals surface area contributed by atoms with E-state index in [9.17, 15) is 19.7 Å². The van der Waals surface area contributed by atoms with Gasteiger partial charge in [-0.2, -0.15) is 10.1 Å². The zero-order chi connectivity index (χ0) is 19.7. The fourth-order valence-corrected chi connectivity index (χ4v) is 3.63. The van der Waals surface area contributed by atoms with Gasteiger partial charge in [-0.1, -0.05) is 11.3 Å². The smallest absolute Gasteiger partial charge is 0.325 e. The molecule has 0 N–H and O–H groups in total. The molecule has 0 aliphatic rings. The van der Waals surface area contributed by atoms with Crippen LogP contribution in [0.15, 0.2) is 29.4 Å². The van der Waals surface area contributed by atoms with Crippen LogP contribution in [-0.2, 0) is 23.1 Å². The zero-order valence-corrected chi connectivity index (χ0v) is 15.5. The number of esters is 1. The van der Waals surface area contributed by atoms with Gasteiger partial charge in [0.15, 0.2) is 10.5 Å². The fraction of sp³-hybridized carbons (Fsp3) is 0.250. The molecule has 1 amide bonds. The van der Waals surface area contributed by atoms with E-state index in [2.05, 4.69) is 10.1 Å². The summed E-state index contributed by atoms with van der Waals surface area (Å²) in [5, 5.41) is 15.1. The van der Waals surface area contributed by atoms with Crippen LogP contribution < -0.4 is 4.80 Å². The molecule has 0 unspecified atom stereocenters. The molecule has 10 nitrogen and oxygen atoms in total. The van der Waals surface area contributed by atoms with Gasteiger partial charge in [0.05, 0.1) is 22.2 Å². The zero-order valence-electron chi connectivity index (χ0n) is 14.7. The van der Waals surface area contributed by atoms with E-state index >= 15 is 0 Å². The third kappa shape index (κ3) is 3.62. The van der Waals surface area contributed by atoms with Crippen LogP contribution in [-0.4, -0.2) is 38.3 Å². The Balaban J connectivity index is 2.18. The Morgan fingerprint density at radius 1 is 1.41 bits per heavy atom. The highest BCUT2D eigenvalue weighted by Gasteiger charge is 2.17. The number of thiazole rings is 1. The number of ether oxygens (including phenoxy) is 1. The molecule has 2 aromatic heterocycles. The third-order valence-corrected chi connectivity index (χ3v) is 4.84. The lowest BCUT2D eigenvalue weighted by Crippen LogP contribution is -2.22. The second-order valence-corrected chi connectivity index (χ2v) is 6.72. The van der Waals surface area contributed by atoms with Gasteiger partial charge in [-0.3, -0.25) is 24.4 Å². The molecule has 0 atom stereocenters. The topological polar surface area (TPSA) is 122 Å². The van der Waals surface area contributed by atoms with Gasteiger partial charge < -0.3 is 9.30 Å². The number of carbonyl (C=O) groups excluding carboxylic acids is 2. The first-order valence-corrected chi connectivity index (χ1v) is 8.55. The van der Waals surface area contributed by atoms with Crippen molar-refractivity contribution in [2.45, 2.75) is 13.5 Å². The molecule has 140 valence electrons. The van der Waals surface area contributed by atoms with Gasteiger partial charge in [-0.15, -0.1) is 0 Å². The first-order chi connectivity index (χ1) is 12.8. The minimum Gasteiger partial charge on any atom is -0.468 e. The van der Waals surface area contributed by atoms with E-state index in [-0.39, 0.29) is 22.7 Å². The highest BCUT2D eigenvalue weighted by molar-refractivity contribution is 7.16. The summed E-state index contributed by atoms with van der Waals surface area (Å²) >= 11 is 1.07. The maximum atomic E-state index is 12.5. The van der Waals surface area contributed by atoms with Crippen molar-refractivity contribution in [3.8, 4) is 0 Å². The van der Waals surface area contributed by atoms with Crippen molar-refractivity contribution in [2.24, 2.45) is 12.0 Å². The second kappa shape index (κ2) is 7.11. The summed E-state index contributed by atoms with van der Waals surface area (Å²) < 4.78 is 8.22. The molecule has 0 radical (unpaired) electrons. The van der Waals surface area contributed by atoms with Crippen molar-refractivity contribution in [2.75, 3.05) is 7.11 Å². The molecule has 11 heteroatoms. The number of aryl methyl sites for hydroxylation is 2. The van der Waals surface area contributed by atoms with Crippen molar-refractivity contribution >= 4 is 39.1 Å². The molecule has 0 aliphatic carbocycles. The number of benzene rings is 1. The molecular weight excluding hydrogens is 374 g/mol. The van der Waals surface area contributed by atoms with E-state index in [4.69, 9.17) is 4.74 Å². The molecule has 0 bridgehead atoms. The summed E-state index contributed by atoms with van der Waals surface area (Å²) in [5.74, 6) is -1.09. The maximum absolute atomic E-state index is 12.5. The van der Waals surface area contributed by atoms with Gasteiger partial charge in [0.25, 0.3) is 11.6 Å². The normalized spacial score (nSPS) is 11.7. The number of methoxy groups -OCH3 is 1. The molecule has 3 aromatic rings. The van der Waals surface area contributed by atoms with E-state index in [1.54, 1.807) is 20.2 Å². The lowest BCUT2D eigenvalue weighted by molar-refractivity contribution is -0.384. The van der Waals surface area contributed by atoms with E-state index in [1.807, 2.05) is 0 Å². The first kappa shape index (κ1) is 18.5. The van der Waals surface area contributed by atoms with E-state index in [0.717, 1.165) is 11.3 Å². The summed E-state index contributed by atoms with van der Waals surface area (Å²) in [5.41, 5.74) is 1.32. The first-order valence-electron chi connectivity index (χ1n) is 7.74. The number of aromatic nitrogens is 3. The SMILES string of the molecule is COC(=O)Cn1c(=NC(=O)c2nn(C)cc2C)sc2cc([N+](=O)[O-])ccc21. The van der Waals surface area contributed by atoms with Crippen LogP contribution in [0.1, 0.15) is 16.1 Å². The number of nitro groups is 1. The van der Waals surface area contributed by atoms with E-state index in [1.165, 1.54) is 34.6 Å². The summed E-state index contributed by atoms with van der Waals surface area (Å²) in [6.45, 7) is 1.56. The minimum atomic E-state index is -0.562. The van der Waals surface area contributed by atoms with Crippen molar-refractivity contribution in [1.29, 1.82) is 0 Å². The van der Waals surface area contributed by atoms with Crippen LogP contribution in [0.3, 0.4) is 0 Å². The summed E-state index contributed by atoms with van der Waals surface area (Å²) in [7, 11) is 2.95. The van der Waals surface area contributed by atoms with Crippen LogP contribution >= 0.6 is 11.3 Å². The van der Waals surface area contributed by atoms with Gasteiger partial charge in [0, 0.05) is 30.9 Å². The van der Waals surface area contributed by atoms with Crippen LogP contribution in [0, 0.1) is 17.0 Å². The number of hydrogen-bond donors (Lipinski definition) is 0. The molecule has 0 aliphatic heterocycles. The van der Waals surface area contributed by atoms with Gasteiger partial charge in [-0.05, 0) is 13.0 Å². The maximum Gasteiger partial charge on any atom is 0.325 e. The Bertz CT molecular complexity index is 1140. The highest BCUT2D eigenvalue weighted by Crippen LogP contribution is 2.23. The molecule has 27 heavy (non-hydrogen) atoms. The predicted octanol–water partition coefficient (Wildman–Crippen LogP) is 1.57. The number of hydrogen-bond acceptors (Lipinski definition) is 7. The monoisotopic (exact) mass is 389 g/mol. The quantitative estimate of drug-likeness (QED) is 0.379. The van der Waals surface area contributed by atoms with Crippen LogP contribution in [0.4, 0.5) is 5.69 Å². The fourth-order valence-electron chi connectivity index (χ4n) is 2.57. The Morgan fingerprint density at radius 2 is 2.15 bits per heavy atom. The lowest BCUT2D eigenvalue weighted by Gasteiger charge is -2.03. The van der Waals surface area contributed by atoms with Gasteiger partial charge >= 0.3 is 5.97 Å². The third-order valence-electron chi connectivity index (χ3n) is 3.80. The molecule has 1 aromatic carbocycles. The van der Waals surface area contributed by atoms with Gasteiger partial charge in [-0.25, -0.2) is 0 Å². The molecule has 0 fully saturated rings. The number of non-ortho nitro benzene ring substituents is 1. The van der Waals surface area contributed by atoms with E-state index < -0.39 is 16.8 Å². The van der Waals surface area contributed by atoms with Gasteiger partial charge in [0.1, 0.15) is 6.54 Å². The van der Waals surface area contributed by atoms with Crippen LogP contribution in [0.25, 0.3) is 10.2 Å². The number of nitro benzene ring substituents is 1. The second-order valence-electron chi connectivity index (χ2n) is 5.71. The molecule has 3 rings (SSSR count). The van der Waals surface area contributed by atoms with Crippen molar-refractivity contribution < 1.29 is 19.2 Å². The highest BCUT2D eigenvalue weighted by atomic mass is 32.1. The Morgan fingerprint density at radius 3 is 2.74 bits per heavy atom. The molecule has 0 saturated heterocycles. The number of rotatable bonds is 4. The van der Waals surface area contributed by atoms with Crippen molar-refractivity contribution in [3.05, 3.63) is 50.6 Å². The number of nitrogens with zero attached hydrogens (tertiary/aromatic N) is 5. The number of carbonyl (C=O) groups is 2. The molecular formula is C16H15N5O5S. The van der Waals surface area contributed by atoms with Crippen LogP contribution in [0.5, 0.6) is 0 Å². The number of fused-ring (bicyclic) bond motifs is 1. The van der Waals surface area contributed by atoms with Gasteiger partial charge in [0.2, 0.25) is 0 Å². The average Bonchev–Trinajstić information content (AvgIpc) is 3.13. The Hall–Kier alpha value is -3.34. The van der Waals surface area contributed by atoms with Crippen LogP contribution in [0.2, 0.25) is 0 Å². The van der Waals surface area contributed by atoms with Crippen molar-refractivity contribution in [1.82, 2.24) is 14.3 Å². The number of amides is 1. The van der Waals surface area contributed by atoms with Crippen molar-refractivity contribution in [3.63, 3.8) is 0 Å². The standard InChI is InChI=1S/C16H15N5O5S/c1-9-7-19(2)18-14(9)15(23)17-16-20(8-13(22)26-3)11-5-4-10(21(24)25)6-12(11)27-16/h4-7H,8H2,1-3H3. The largest absolute Gasteiger partial charge is 0.468 e. The minimum absolute atomic E-state index is 0.0904. The molecule has 0 saturated carbocycles. The molecule has 0 spiro atoms. The van der Waals surface area contributed by atoms with E-state index in [0.29, 0.717) is 15.8 Å². The lowest BCUT2D eigenvalue weighted by atomic mass is 10.3. The summed E-state index contributed by atoms with van der Waals surface area (Å²) in [6, 6.07) is 4.23. The predicted molar refractivity (Wildman–Crippen MR) is 96.3 cm³/mol. The Labute approximate surface area is 156 Å².